The van der Waals surface area contributed by atoms with Crippen molar-refractivity contribution in [2.24, 2.45) is 0 Å². The maximum Gasteiger partial charge on any atom is 0.338 e. The van der Waals surface area contributed by atoms with Crippen LogP contribution in [0, 0.1) is 13.8 Å². The number of carbonyl (C=O) groups excluding carboxylic acids is 1. The van der Waals surface area contributed by atoms with Gasteiger partial charge in [0.1, 0.15) is 5.52 Å². The van der Waals surface area contributed by atoms with Crippen molar-refractivity contribution in [2.75, 3.05) is 6.61 Å². The van der Waals surface area contributed by atoms with Crippen molar-refractivity contribution in [1.29, 1.82) is 0 Å². The molecule has 0 saturated heterocycles. The third-order valence-electron chi connectivity index (χ3n) is 4.09. The Bertz CT molecular complexity index is 866. The lowest BCUT2D eigenvalue weighted by Crippen LogP contribution is -2.07. The van der Waals surface area contributed by atoms with E-state index in [0.717, 1.165) is 23.0 Å². The molecule has 0 atom stereocenters. The zero-order chi connectivity index (χ0) is 17.1. The van der Waals surface area contributed by atoms with Gasteiger partial charge in [-0.1, -0.05) is 24.3 Å². The second-order valence-corrected chi connectivity index (χ2v) is 6.01. The highest BCUT2D eigenvalue weighted by atomic mass is 16.5. The van der Waals surface area contributed by atoms with Crippen LogP contribution in [-0.2, 0) is 11.3 Å². The van der Waals surface area contributed by atoms with Gasteiger partial charge in [-0.25, -0.2) is 9.48 Å². The van der Waals surface area contributed by atoms with Gasteiger partial charge in [-0.15, -0.1) is 5.10 Å². The molecule has 2 aromatic carbocycles. The molecule has 3 rings (SSSR count). The summed E-state index contributed by atoms with van der Waals surface area (Å²) in [5, 5.41) is 8.48. The zero-order valence-electron chi connectivity index (χ0n) is 14.2. The maximum absolute atomic E-state index is 11.8. The summed E-state index contributed by atoms with van der Waals surface area (Å²) in [6.45, 7) is 7.20. The number of esters is 1. The molecule has 0 spiro atoms. The lowest BCUT2D eigenvalue weighted by molar-refractivity contribution is 0.0505. The van der Waals surface area contributed by atoms with Crippen LogP contribution in [0.2, 0.25) is 0 Å². The molecule has 0 unspecified atom stereocenters. The first kappa shape index (κ1) is 16.2. The van der Waals surface area contributed by atoms with Crippen molar-refractivity contribution in [3.63, 3.8) is 0 Å². The average Bonchev–Trinajstić information content (AvgIpc) is 2.95. The van der Waals surface area contributed by atoms with Gasteiger partial charge in [0.15, 0.2) is 0 Å². The standard InChI is InChI=1S/C19H21N3O2/c1-4-9-24-19(23)16-7-5-15(6-8-16)12-22-18-11-14(3)13(2)10-17(18)20-21-22/h5-8,10-11H,4,9,12H2,1-3H3. The number of aryl methyl sites for hydroxylation is 2. The Labute approximate surface area is 141 Å². The second-order valence-electron chi connectivity index (χ2n) is 6.01. The molecule has 124 valence electrons. The topological polar surface area (TPSA) is 57.0 Å². The van der Waals surface area contributed by atoms with Gasteiger partial charge in [0.2, 0.25) is 0 Å². The summed E-state index contributed by atoms with van der Waals surface area (Å²) in [4.78, 5) is 11.8. The van der Waals surface area contributed by atoms with E-state index in [-0.39, 0.29) is 5.97 Å². The molecule has 1 heterocycles. The summed E-state index contributed by atoms with van der Waals surface area (Å²) in [7, 11) is 0. The van der Waals surface area contributed by atoms with Crippen molar-refractivity contribution >= 4 is 17.0 Å². The first-order chi connectivity index (χ1) is 11.6. The number of rotatable bonds is 5. The van der Waals surface area contributed by atoms with Crippen LogP contribution < -0.4 is 0 Å². The van der Waals surface area contributed by atoms with Crippen LogP contribution in [0.5, 0.6) is 0 Å². The monoisotopic (exact) mass is 323 g/mol. The average molecular weight is 323 g/mol. The van der Waals surface area contributed by atoms with Crippen LogP contribution in [0.4, 0.5) is 0 Å². The largest absolute Gasteiger partial charge is 0.462 e. The molecular weight excluding hydrogens is 302 g/mol. The zero-order valence-corrected chi connectivity index (χ0v) is 14.2. The highest BCUT2D eigenvalue weighted by Crippen LogP contribution is 2.18. The minimum atomic E-state index is -0.277. The van der Waals surface area contributed by atoms with Crippen molar-refractivity contribution in [1.82, 2.24) is 15.0 Å². The van der Waals surface area contributed by atoms with Gasteiger partial charge in [0.05, 0.1) is 24.2 Å². The minimum absolute atomic E-state index is 0.277. The fourth-order valence-electron chi connectivity index (χ4n) is 2.54. The van der Waals surface area contributed by atoms with Crippen LogP contribution in [0.1, 0.15) is 40.4 Å². The van der Waals surface area contributed by atoms with E-state index in [0.29, 0.717) is 18.7 Å². The van der Waals surface area contributed by atoms with E-state index in [4.69, 9.17) is 4.74 Å². The Morgan fingerprint density at radius 2 is 1.83 bits per heavy atom. The summed E-state index contributed by atoms with van der Waals surface area (Å²) >= 11 is 0. The van der Waals surface area contributed by atoms with Gasteiger partial charge in [-0.3, -0.25) is 0 Å². The van der Waals surface area contributed by atoms with Gasteiger partial charge in [-0.2, -0.15) is 0 Å². The van der Waals surface area contributed by atoms with Gasteiger partial charge in [0.25, 0.3) is 0 Å². The molecule has 3 aromatic rings. The number of carbonyl (C=O) groups is 1. The molecule has 5 nitrogen and oxygen atoms in total. The highest BCUT2D eigenvalue weighted by Gasteiger charge is 2.09. The van der Waals surface area contributed by atoms with E-state index in [1.807, 2.05) is 23.7 Å². The first-order valence-corrected chi connectivity index (χ1v) is 8.15. The predicted molar refractivity (Wildman–Crippen MR) is 93.1 cm³/mol. The quantitative estimate of drug-likeness (QED) is 0.672. The van der Waals surface area contributed by atoms with Crippen LogP contribution >= 0.6 is 0 Å². The van der Waals surface area contributed by atoms with Crippen LogP contribution in [-0.4, -0.2) is 27.6 Å². The Morgan fingerprint density at radius 1 is 1.12 bits per heavy atom. The Hall–Kier alpha value is -2.69. The van der Waals surface area contributed by atoms with Crippen molar-refractivity contribution < 1.29 is 9.53 Å². The fraction of sp³-hybridized carbons (Fsp3) is 0.316. The lowest BCUT2D eigenvalue weighted by Gasteiger charge is -2.06. The predicted octanol–water partition coefficient (Wildman–Crippen LogP) is 3.66. The van der Waals surface area contributed by atoms with Gasteiger partial charge in [0, 0.05) is 0 Å². The molecule has 0 N–H and O–H groups in total. The number of fused-ring (bicyclic) bond motifs is 1. The molecule has 0 fully saturated rings. The van der Waals surface area contributed by atoms with E-state index in [9.17, 15) is 4.79 Å². The maximum atomic E-state index is 11.8. The molecule has 0 radical (unpaired) electrons. The number of hydrogen-bond acceptors (Lipinski definition) is 4. The number of nitrogens with zero attached hydrogens (tertiary/aromatic N) is 3. The summed E-state index contributed by atoms with van der Waals surface area (Å²) < 4.78 is 7.02. The van der Waals surface area contributed by atoms with E-state index in [1.165, 1.54) is 11.1 Å². The molecular formula is C19H21N3O2. The van der Waals surface area contributed by atoms with Gasteiger partial charge in [-0.05, 0) is 61.2 Å². The summed E-state index contributed by atoms with van der Waals surface area (Å²) in [6.07, 6.45) is 0.822. The van der Waals surface area contributed by atoms with Gasteiger partial charge < -0.3 is 4.74 Å². The van der Waals surface area contributed by atoms with E-state index >= 15 is 0 Å². The summed E-state index contributed by atoms with van der Waals surface area (Å²) in [5.74, 6) is -0.277. The Morgan fingerprint density at radius 3 is 2.54 bits per heavy atom. The summed E-state index contributed by atoms with van der Waals surface area (Å²) in [5.41, 5.74) is 5.99. The molecule has 24 heavy (non-hydrogen) atoms. The normalized spacial score (nSPS) is 11.0. The molecule has 0 amide bonds. The smallest absolute Gasteiger partial charge is 0.338 e. The Kier molecular flexibility index (Phi) is 4.60. The third-order valence-corrected chi connectivity index (χ3v) is 4.09. The molecule has 0 aliphatic carbocycles. The molecule has 0 bridgehead atoms. The summed E-state index contributed by atoms with van der Waals surface area (Å²) in [6, 6.07) is 11.6. The van der Waals surface area contributed by atoms with E-state index in [2.05, 4.69) is 36.3 Å². The van der Waals surface area contributed by atoms with Gasteiger partial charge >= 0.3 is 5.97 Å². The minimum Gasteiger partial charge on any atom is -0.462 e. The molecule has 0 saturated carbocycles. The number of hydrogen-bond donors (Lipinski definition) is 0. The fourth-order valence-corrected chi connectivity index (χ4v) is 2.54. The molecule has 0 aliphatic heterocycles. The van der Waals surface area contributed by atoms with Crippen molar-refractivity contribution in [3.05, 3.63) is 58.7 Å². The number of benzene rings is 2. The van der Waals surface area contributed by atoms with E-state index in [1.54, 1.807) is 12.1 Å². The van der Waals surface area contributed by atoms with E-state index < -0.39 is 0 Å². The molecule has 1 aromatic heterocycles. The number of ether oxygens (including phenoxy) is 1. The number of aromatic nitrogens is 3. The third kappa shape index (κ3) is 3.30. The van der Waals surface area contributed by atoms with Crippen molar-refractivity contribution in [3.8, 4) is 0 Å². The molecule has 5 heteroatoms. The lowest BCUT2D eigenvalue weighted by atomic mass is 10.1. The first-order valence-electron chi connectivity index (χ1n) is 8.15. The van der Waals surface area contributed by atoms with Crippen LogP contribution in [0.15, 0.2) is 36.4 Å². The van der Waals surface area contributed by atoms with Crippen molar-refractivity contribution in [2.45, 2.75) is 33.7 Å². The SMILES string of the molecule is CCCOC(=O)c1ccc(Cn2nnc3cc(C)c(C)cc32)cc1. The second kappa shape index (κ2) is 6.83. The van der Waals surface area contributed by atoms with Crippen LogP contribution in [0.25, 0.3) is 11.0 Å². The highest BCUT2D eigenvalue weighted by molar-refractivity contribution is 5.89. The Balaban J connectivity index is 1.79. The van der Waals surface area contributed by atoms with Crippen LogP contribution in [0.3, 0.4) is 0 Å². The molecule has 0 aliphatic rings.